The molecular formula is C13H18N2O4. The predicted octanol–water partition coefficient (Wildman–Crippen LogP) is 2.96. The smallest absolute Gasteiger partial charge is 0.326 e. The van der Waals surface area contributed by atoms with E-state index < -0.39 is 16.9 Å². The number of hydrogen-bond donors (Lipinski definition) is 2. The minimum atomic E-state index is -0.947. The Kier molecular flexibility index (Phi) is 5.29. The van der Waals surface area contributed by atoms with Gasteiger partial charge in [0, 0.05) is 17.8 Å². The molecule has 1 atom stereocenters. The molecule has 0 aliphatic rings. The number of benzene rings is 1. The summed E-state index contributed by atoms with van der Waals surface area (Å²) in [5, 5.41) is 22.7. The van der Waals surface area contributed by atoms with Crippen LogP contribution in [-0.4, -0.2) is 22.0 Å². The van der Waals surface area contributed by atoms with Crippen molar-refractivity contribution in [3.8, 4) is 0 Å². The fourth-order valence-electron chi connectivity index (χ4n) is 1.82. The second kappa shape index (κ2) is 6.72. The first kappa shape index (κ1) is 14.9. The zero-order valence-electron chi connectivity index (χ0n) is 11.0. The van der Waals surface area contributed by atoms with Gasteiger partial charge in [-0.25, -0.2) is 4.79 Å². The molecule has 0 fully saturated rings. The minimum absolute atomic E-state index is 0.0397. The standard InChI is InChI=1S/C13H18N2O4/c1-3-4-5-12(13(16)17)14-10-6-9(2)7-11(8-10)15(18)19/h6-8,12,14H,3-5H2,1-2H3,(H,16,17). The lowest BCUT2D eigenvalue weighted by Crippen LogP contribution is -2.29. The molecule has 104 valence electrons. The third-order valence-electron chi connectivity index (χ3n) is 2.76. The van der Waals surface area contributed by atoms with E-state index in [1.165, 1.54) is 12.1 Å². The number of rotatable bonds is 7. The third kappa shape index (κ3) is 4.57. The van der Waals surface area contributed by atoms with Gasteiger partial charge in [0.05, 0.1) is 4.92 Å². The van der Waals surface area contributed by atoms with Gasteiger partial charge in [0.1, 0.15) is 6.04 Å². The Bertz CT molecular complexity index is 474. The van der Waals surface area contributed by atoms with Crippen molar-refractivity contribution in [2.45, 2.75) is 39.2 Å². The number of carboxylic acids is 1. The predicted molar refractivity (Wildman–Crippen MR) is 72.4 cm³/mol. The lowest BCUT2D eigenvalue weighted by atomic mass is 10.1. The molecule has 0 bridgehead atoms. The van der Waals surface area contributed by atoms with E-state index in [1.807, 2.05) is 6.92 Å². The molecule has 0 radical (unpaired) electrons. The first-order valence-corrected chi connectivity index (χ1v) is 6.19. The maximum absolute atomic E-state index is 11.1. The van der Waals surface area contributed by atoms with Crippen LogP contribution in [0.4, 0.5) is 11.4 Å². The molecule has 6 nitrogen and oxygen atoms in total. The number of nitrogens with zero attached hydrogens (tertiary/aromatic N) is 1. The number of nitrogens with one attached hydrogen (secondary N) is 1. The molecule has 0 aromatic heterocycles. The van der Waals surface area contributed by atoms with Crippen LogP contribution in [0.2, 0.25) is 0 Å². The van der Waals surface area contributed by atoms with Crippen molar-refractivity contribution in [3.63, 3.8) is 0 Å². The van der Waals surface area contributed by atoms with Gasteiger partial charge in [-0.1, -0.05) is 19.8 Å². The Labute approximate surface area is 111 Å². The van der Waals surface area contributed by atoms with Crippen molar-refractivity contribution >= 4 is 17.3 Å². The molecule has 0 aliphatic heterocycles. The number of nitro groups is 1. The average Bonchev–Trinajstić information content (AvgIpc) is 2.33. The van der Waals surface area contributed by atoms with Crippen LogP contribution >= 0.6 is 0 Å². The number of aliphatic carboxylic acids is 1. The zero-order chi connectivity index (χ0) is 14.4. The Balaban J connectivity index is 2.89. The Morgan fingerprint density at radius 1 is 1.47 bits per heavy atom. The van der Waals surface area contributed by atoms with Crippen LogP contribution in [0.15, 0.2) is 18.2 Å². The fraction of sp³-hybridized carbons (Fsp3) is 0.462. The van der Waals surface area contributed by atoms with Gasteiger partial charge < -0.3 is 10.4 Å². The van der Waals surface area contributed by atoms with Crippen LogP contribution in [-0.2, 0) is 4.79 Å². The highest BCUT2D eigenvalue weighted by Crippen LogP contribution is 2.21. The molecule has 0 aliphatic carbocycles. The largest absolute Gasteiger partial charge is 0.480 e. The van der Waals surface area contributed by atoms with Crippen molar-refractivity contribution < 1.29 is 14.8 Å². The first-order chi connectivity index (χ1) is 8.93. The average molecular weight is 266 g/mol. The van der Waals surface area contributed by atoms with Crippen molar-refractivity contribution in [1.82, 2.24) is 0 Å². The number of aryl methyl sites for hydroxylation is 1. The summed E-state index contributed by atoms with van der Waals surface area (Å²) in [4.78, 5) is 21.4. The molecule has 1 aromatic carbocycles. The molecule has 1 unspecified atom stereocenters. The monoisotopic (exact) mass is 266 g/mol. The number of carbonyl (C=O) groups is 1. The number of carboxylic acid groups (broad SMARTS) is 1. The molecule has 0 amide bonds. The number of hydrogen-bond acceptors (Lipinski definition) is 4. The van der Waals surface area contributed by atoms with E-state index in [2.05, 4.69) is 5.32 Å². The molecule has 1 aromatic rings. The van der Waals surface area contributed by atoms with Gasteiger partial charge in [0.15, 0.2) is 0 Å². The van der Waals surface area contributed by atoms with Crippen molar-refractivity contribution in [1.29, 1.82) is 0 Å². The topological polar surface area (TPSA) is 92.5 Å². The summed E-state index contributed by atoms with van der Waals surface area (Å²) < 4.78 is 0. The number of unbranched alkanes of at least 4 members (excludes halogenated alkanes) is 1. The Morgan fingerprint density at radius 2 is 2.16 bits per heavy atom. The Morgan fingerprint density at radius 3 is 2.68 bits per heavy atom. The molecular weight excluding hydrogens is 248 g/mol. The number of non-ortho nitro benzene ring substituents is 1. The summed E-state index contributed by atoms with van der Waals surface area (Å²) in [7, 11) is 0. The maximum Gasteiger partial charge on any atom is 0.326 e. The van der Waals surface area contributed by atoms with Gasteiger partial charge in [-0.3, -0.25) is 10.1 Å². The van der Waals surface area contributed by atoms with Gasteiger partial charge in [0.25, 0.3) is 5.69 Å². The molecule has 0 saturated carbocycles. The van der Waals surface area contributed by atoms with E-state index in [0.29, 0.717) is 12.1 Å². The van der Waals surface area contributed by atoms with Gasteiger partial charge in [-0.05, 0) is 25.0 Å². The van der Waals surface area contributed by atoms with Gasteiger partial charge in [0.2, 0.25) is 0 Å². The van der Waals surface area contributed by atoms with Crippen LogP contribution in [0, 0.1) is 17.0 Å². The quantitative estimate of drug-likeness (QED) is 0.584. The second-order valence-electron chi connectivity index (χ2n) is 4.49. The second-order valence-corrected chi connectivity index (χ2v) is 4.49. The molecule has 2 N–H and O–H groups in total. The summed E-state index contributed by atoms with van der Waals surface area (Å²) in [5.41, 5.74) is 1.15. The van der Waals surface area contributed by atoms with Gasteiger partial charge in [-0.2, -0.15) is 0 Å². The van der Waals surface area contributed by atoms with Gasteiger partial charge in [-0.15, -0.1) is 0 Å². The Hall–Kier alpha value is -2.11. The lowest BCUT2D eigenvalue weighted by molar-refractivity contribution is -0.384. The summed E-state index contributed by atoms with van der Waals surface area (Å²) in [6.45, 7) is 3.72. The molecule has 0 heterocycles. The van der Waals surface area contributed by atoms with Crippen LogP contribution in [0.5, 0.6) is 0 Å². The highest BCUT2D eigenvalue weighted by molar-refractivity contribution is 5.77. The van der Waals surface area contributed by atoms with Crippen LogP contribution < -0.4 is 5.32 Å². The summed E-state index contributed by atoms with van der Waals surface area (Å²) in [6.07, 6.45) is 2.19. The van der Waals surface area contributed by atoms with E-state index in [1.54, 1.807) is 13.0 Å². The number of anilines is 1. The van der Waals surface area contributed by atoms with Crippen molar-refractivity contribution in [2.75, 3.05) is 5.32 Å². The third-order valence-corrected chi connectivity index (χ3v) is 2.76. The first-order valence-electron chi connectivity index (χ1n) is 6.19. The zero-order valence-corrected chi connectivity index (χ0v) is 11.0. The normalized spacial score (nSPS) is 11.9. The maximum atomic E-state index is 11.1. The van der Waals surface area contributed by atoms with E-state index in [-0.39, 0.29) is 5.69 Å². The molecule has 6 heteroatoms. The summed E-state index contributed by atoms with van der Waals surface area (Å²) >= 11 is 0. The molecule has 19 heavy (non-hydrogen) atoms. The molecule has 0 saturated heterocycles. The van der Waals surface area contributed by atoms with Crippen LogP contribution in [0.25, 0.3) is 0 Å². The van der Waals surface area contributed by atoms with E-state index in [4.69, 9.17) is 5.11 Å². The molecule has 1 rings (SSSR count). The van der Waals surface area contributed by atoms with E-state index >= 15 is 0 Å². The SMILES string of the molecule is CCCCC(Nc1cc(C)cc([N+](=O)[O-])c1)C(=O)O. The highest BCUT2D eigenvalue weighted by atomic mass is 16.6. The van der Waals surface area contributed by atoms with Crippen LogP contribution in [0.3, 0.4) is 0 Å². The van der Waals surface area contributed by atoms with Gasteiger partial charge >= 0.3 is 5.97 Å². The molecule has 0 spiro atoms. The highest BCUT2D eigenvalue weighted by Gasteiger charge is 2.17. The van der Waals surface area contributed by atoms with Crippen molar-refractivity contribution in [2.24, 2.45) is 0 Å². The number of nitro benzene ring substituents is 1. The lowest BCUT2D eigenvalue weighted by Gasteiger charge is -2.15. The summed E-state index contributed by atoms with van der Waals surface area (Å²) in [5.74, 6) is -0.947. The van der Waals surface area contributed by atoms with E-state index in [0.717, 1.165) is 18.4 Å². The van der Waals surface area contributed by atoms with Crippen molar-refractivity contribution in [3.05, 3.63) is 33.9 Å². The minimum Gasteiger partial charge on any atom is -0.480 e. The van der Waals surface area contributed by atoms with Crippen LogP contribution in [0.1, 0.15) is 31.7 Å². The van der Waals surface area contributed by atoms with E-state index in [9.17, 15) is 14.9 Å². The summed E-state index contributed by atoms with van der Waals surface area (Å²) in [6, 6.07) is 3.79. The fourth-order valence-corrected chi connectivity index (χ4v) is 1.82.